The third kappa shape index (κ3) is 2.49. The normalized spacial score (nSPS) is 21.7. The molecule has 15 heavy (non-hydrogen) atoms. The van der Waals surface area contributed by atoms with Crippen molar-refractivity contribution in [1.82, 2.24) is 4.98 Å². The fourth-order valence-electron chi connectivity index (χ4n) is 1.77. The van der Waals surface area contributed by atoms with E-state index in [2.05, 4.69) is 37.9 Å². The average Bonchev–Trinajstić information content (AvgIpc) is 2.29. The van der Waals surface area contributed by atoms with Crippen molar-refractivity contribution in [3.8, 4) is 0 Å². The van der Waals surface area contributed by atoms with Gasteiger partial charge < -0.3 is 9.64 Å². The molecule has 1 fully saturated rings. The molecule has 1 saturated heterocycles. The highest BCUT2D eigenvalue weighted by molar-refractivity contribution is 9.09. The minimum absolute atomic E-state index is 0.396. The number of anilines is 1. The van der Waals surface area contributed by atoms with Gasteiger partial charge in [-0.1, -0.05) is 22.0 Å². The van der Waals surface area contributed by atoms with Crippen molar-refractivity contribution in [3.05, 3.63) is 23.9 Å². The molecule has 1 aromatic heterocycles. The fraction of sp³-hybridized carbons (Fsp3) is 0.545. The van der Waals surface area contributed by atoms with Crippen LogP contribution in [0.2, 0.25) is 0 Å². The van der Waals surface area contributed by atoms with E-state index in [0.29, 0.717) is 6.04 Å². The lowest BCUT2D eigenvalue weighted by atomic mass is 10.2. The van der Waals surface area contributed by atoms with Crippen LogP contribution in [-0.4, -0.2) is 36.1 Å². The van der Waals surface area contributed by atoms with Gasteiger partial charge in [-0.15, -0.1) is 0 Å². The van der Waals surface area contributed by atoms with E-state index in [1.807, 2.05) is 13.0 Å². The number of hydrogen-bond acceptors (Lipinski definition) is 3. The molecule has 0 N–H and O–H groups in total. The number of nitrogens with zero attached hydrogens (tertiary/aromatic N) is 2. The summed E-state index contributed by atoms with van der Waals surface area (Å²) in [4.78, 5) is 6.86. The number of halogens is 1. The third-order valence-electron chi connectivity index (χ3n) is 2.57. The van der Waals surface area contributed by atoms with Crippen LogP contribution >= 0.6 is 15.9 Å². The van der Waals surface area contributed by atoms with E-state index >= 15 is 0 Å². The second kappa shape index (κ2) is 4.94. The Kier molecular flexibility index (Phi) is 3.59. The SMILES string of the molecule is Cc1cccc(N2CCOCC2CBr)n1. The Hall–Kier alpha value is -0.610. The molecule has 4 heteroatoms. The zero-order valence-corrected chi connectivity index (χ0v) is 10.4. The van der Waals surface area contributed by atoms with Gasteiger partial charge >= 0.3 is 0 Å². The maximum Gasteiger partial charge on any atom is 0.129 e. The predicted molar refractivity (Wildman–Crippen MR) is 64.7 cm³/mol. The van der Waals surface area contributed by atoms with Gasteiger partial charge in [0.2, 0.25) is 0 Å². The first kappa shape index (κ1) is 10.9. The molecule has 1 atom stereocenters. The number of ether oxygens (including phenoxy) is 1. The molecule has 3 nitrogen and oxygen atoms in total. The maximum absolute atomic E-state index is 5.46. The Labute approximate surface area is 98.6 Å². The first-order chi connectivity index (χ1) is 7.31. The molecule has 0 spiro atoms. The van der Waals surface area contributed by atoms with Gasteiger partial charge in [0.1, 0.15) is 5.82 Å². The largest absolute Gasteiger partial charge is 0.377 e. The van der Waals surface area contributed by atoms with Crippen LogP contribution in [-0.2, 0) is 4.74 Å². The Bertz CT molecular complexity index is 332. The number of rotatable bonds is 2. The van der Waals surface area contributed by atoms with Crippen LogP contribution in [0.1, 0.15) is 5.69 Å². The Morgan fingerprint density at radius 3 is 3.20 bits per heavy atom. The molecule has 82 valence electrons. The van der Waals surface area contributed by atoms with Gasteiger partial charge in [0.15, 0.2) is 0 Å². The molecule has 1 aromatic rings. The van der Waals surface area contributed by atoms with Crippen LogP contribution in [0, 0.1) is 6.92 Å². The molecule has 0 bridgehead atoms. The summed E-state index contributed by atoms with van der Waals surface area (Å²) >= 11 is 3.52. The zero-order valence-electron chi connectivity index (χ0n) is 8.82. The molecular formula is C11H15BrN2O. The van der Waals surface area contributed by atoms with E-state index in [4.69, 9.17) is 4.74 Å². The zero-order chi connectivity index (χ0) is 10.7. The number of alkyl halides is 1. The quantitative estimate of drug-likeness (QED) is 0.769. The number of morpholine rings is 1. The van der Waals surface area contributed by atoms with E-state index in [-0.39, 0.29) is 0 Å². The van der Waals surface area contributed by atoms with Crippen molar-refractivity contribution >= 4 is 21.7 Å². The van der Waals surface area contributed by atoms with E-state index in [0.717, 1.165) is 36.6 Å². The number of hydrogen-bond donors (Lipinski definition) is 0. The first-order valence-electron chi connectivity index (χ1n) is 5.15. The molecule has 1 unspecified atom stereocenters. The van der Waals surface area contributed by atoms with E-state index in [1.165, 1.54) is 0 Å². The monoisotopic (exact) mass is 270 g/mol. The lowest BCUT2D eigenvalue weighted by Crippen LogP contribution is -2.47. The lowest BCUT2D eigenvalue weighted by Gasteiger charge is -2.35. The van der Waals surface area contributed by atoms with Crippen molar-refractivity contribution in [2.45, 2.75) is 13.0 Å². The molecule has 0 aliphatic carbocycles. The highest BCUT2D eigenvalue weighted by Crippen LogP contribution is 2.18. The molecule has 2 rings (SSSR count). The summed E-state index contributed by atoms with van der Waals surface area (Å²) in [5.74, 6) is 1.06. The minimum Gasteiger partial charge on any atom is -0.377 e. The van der Waals surface area contributed by atoms with E-state index in [9.17, 15) is 0 Å². The molecule has 0 radical (unpaired) electrons. The Balaban J connectivity index is 2.20. The number of aryl methyl sites for hydroxylation is 1. The third-order valence-corrected chi connectivity index (χ3v) is 3.32. The van der Waals surface area contributed by atoms with Crippen LogP contribution in [0.3, 0.4) is 0 Å². The van der Waals surface area contributed by atoms with Gasteiger partial charge in [-0.2, -0.15) is 0 Å². The van der Waals surface area contributed by atoms with Gasteiger partial charge in [0.05, 0.1) is 19.3 Å². The standard InChI is InChI=1S/C11H15BrN2O/c1-9-3-2-4-11(13-9)14-5-6-15-8-10(14)7-12/h2-4,10H,5-8H2,1H3. The number of pyridine rings is 1. The maximum atomic E-state index is 5.46. The molecule has 0 aromatic carbocycles. The highest BCUT2D eigenvalue weighted by Gasteiger charge is 2.22. The van der Waals surface area contributed by atoms with Crippen molar-refractivity contribution < 1.29 is 4.74 Å². The van der Waals surface area contributed by atoms with Crippen LogP contribution in [0.25, 0.3) is 0 Å². The summed E-state index contributed by atoms with van der Waals surface area (Å²) in [6, 6.07) is 6.53. The van der Waals surface area contributed by atoms with Crippen LogP contribution in [0.4, 0.5) is 5.82 Å². The van der Waals surface area contributed by atoms with Crippen molar-refractivity contribution in [2.24, 2.45) is 0 Å². The van der Waals surface area contributed by atoms with Crippen molar-refractivity contribution in [2.75, 3.05) is 30.0 Å². The van der Waals surface area contributed by atoms with Gasteiger partial charge in [-0.05, 0) is 19.1 Å². The first-order valence-corrected chi connectivity index (χ1v) is 6.27. The Morgan fingerprint density at radius 2 is 2.47 bits per heavy atom. The summed E-state index contributed by atoms with van der Waals surface area (Å²) in [6.45, 7) is 4.51. The van der Waals surface area contributed by atoms with E-state index < -0.39 is 0 Å². The second-order valence-electron chi connectivity index (χ2n) is 3.71. The summed E-state index contributed by atoms with van der Waals surface area (Å²) < 4.78 is 5.46. The average molecular weight is 271 g/mol. The van der Waals surface area contributed by atoms with Crippen LogP contribution in [0.5, 0.6) is 0 Å². The van der Waals surface area contributed by atoms with Crippen LogP contribution < -0.4 is 4.90 Å². The molecule has 1 aliphatic heterocycles. The summed E-state index contributed by atoms with van der Waals surface area (Å²) in [7, 11) is 0. The molecular weight excluding hydrogens is 256 g/mol. The minimum atomic E-state index is 0.396. The van der Waals surface area contributed by atoms with Gasteiger partial charge in [-0.3, -0.25) is 0 Å². The fourth-order valence-corrected chi connectivity index (χ4v) is 2.31. The number of aromatic nitrogens is 1. The van der Waals surface area contributed by atoms with E-state index in [1.54, 1.807) is 0 Å². The molecule has 2 heterocycles. The summed E-state index contributed by atoms with van der Waals surface area (Å²) in [6.07, 6.45) is 0. The summed E-state index contributed by atoms with van der Waals surface area (Å²) in [5.41, 5.74) is 1.06. The summed E-state index contributed by atoms with van der Waals surface area (Å²) in [5, 5.41) is 0.919. The van der Waals surface area contributed by atoms with Crippen molar-refractivity contribution in [1.29, 1.82) is 0 Å². The van der Waals surface area contributed by atoms with Crippen LogP contribution in [0.15, 0.2) is 18.2 Å². The molecule has 1 aliphatic rings. The molecule has 0 saturated carbocycles. The van der Waals surface area contributed by atoms with Gasteiger partial charge in [0.25, 0.3) is 0 Å². The second-order valence-corrected chi connectivity index (χ2v) is 4.36. The molecule has 0 amide bonds. The van der Waals surface area contributed by atoms with Gasteiger partial charge in [0, 0.05) is 17.6 Å². The van der Waals surface area contributed by atoms with Crippen molar-refractivity contribution in [3.63, 3.8) is 0 Å². The highest BCUT2D eigenvalue weighted by atomic mass is 79.9. The smallest absolute Gasteiger partial charge is 0.129 e. The topological polar surface area (TPSA) is 25.4 Å². The lowest BCUT2D eigenvalue weighted by molar-refractivity contribution is 0.1000. The van der Waals surface area contributed by atoms with Gasteiger partial charge in [-0.25, -0.2) is 4.98 Å². The Morgan fingerprint density at radius 1 is 1.60 bits per heavy atom. The predicted octanol–water partition coefficient (Wildman–Crippen LogP) is 1.99.